The van der Waals surface area contributed by atoms with Gasteiger partial charge in [-0.25, -0.2) is 0 Å². The molecular weight excluding hydrogens is 492 g/mol. The van der Waals surface area contributed by atoms with E-state index in [-0.39, 0.29) is 16.1 Å². The fraction of sp³-hybridized carbons (Fsp3) is 0.781. The van der Waals surface area contributed by atoms with E-state index in [0.29, 0.717) is 54.7 Å². The topological polar surface area (TPSA) is 57.3 Å². The molecule has 0 radical (unpaired) electrons. The normalized spacial score (nSPS) is 43.3. The van der Waals surface area contributed by atoms with E-state index in [1.165, 1.54) is 5.56 Å². The van der Waals surface area contributed by atoms with Gasteiger partial charge >= 0.3 is 0 Å². The fourth-order valence-electron chi connectivity index (χ4n) is 9.41. The number of Topliss-reactive ketones (excluding diaryl/α,β-unsaturated/α-hetero) is 1. The first-order valence-corrected chi connectivity index (χ1v) is 18.1. The first-order valence-electron chi connectivity index (χ1n) is 15.2. The highest BCUT2D eigenvalue weighted by molar-refractivity contribution is 6.74. The minimum Gasteiger partial charge on any atom is -0.544 e. The number of carbonyl (C=O) groups excluding carboxylic acids is 1. The van der Waals surface area contributed by atoms with E-state index >= 15 is 0 Å². The molecule has 4 saturated carbocycles. The molecule has 2 saturated heterocycles. The number of hydrogen-bond donors (Lipinski definition) is 0. The molecule has 2 heterocycles. The summed E-state index contributed by atoms with van der Waals surface area (Å²) >= 11 is 0. The molecule has 208 valence electrons. The van der Waals surface area contributed by atoms with E-state index < -0.39 is 14.1 Å². The van der Waals surface area contributed by atoms with Crippen LogP contribution in [-0.4, -0.2) is 44.8 Å². The maximum Gasteiger partial charge on any atom is 0.250 e. The Bertz CT molecular complexity index is 1120. The van der Waals surface area contributed by atoms with E-state index in [0.717, 1.165) is 50.7 Å². The van der Waals surface area contributed by atoms with Crippen LogP contribution in [-0.2, 0) is 19.0 Å². The molecule has 5 nitrogen and oxygen atoms in total. The molecule has 0 aromatic heterocycles. The summed E-state index contributed by atoms with van der Waals surface area (Å²) in [6.45, 7) is 15.2. The molecule has 4 aliphatic carbocycles. The summed E-state index contributed by atoms with van der Waals surface area (Å²) in [6, 6.07) is 9.02. The average molecular weight is 539 g/mol. The minimum atomic E-state index is -1.90. The number of ketones is 1. The number of fused-ring (bicyclic) bond motifs is 4. The maximum atomic E-state index is 13.3. The number of ether oxygens (including phenoxy) is 3. The summed E-state index contributed by atoms with van der Waals surface area (Å²) in [6.07, 6.45) is 7.12. The Balaban J connectivity index is 1.22. The second kappa shape index (κ2) is 8.17. The lowest BCUT2D eigenvalue weighted by atomic mass is 9.46. The Hall–Kier alpha value is -1.21. The third-order valence-electron chi connectivity index (χ3n) is 12.4. The highest BCUT2D eigenvalue weighted by Gasteiger charge is 2.75. The van der Waals surface area contributed by atoms with Crippen molar-refractivity contribution >= 4 is 14.1 Å². The molecule has 6 aliphatic rings. The lowest BCUT2D eigenvalue weighted by molar-refractivity contribution is -0.208. The smallest absolute Gasteiger partial charge is 0.250 e. The molecule has 7 rings (SSSR count). The van der Waals surface area contributed by atoms with Gasteiger partial charge in [0.25, 0.3) is 0 Å². The monoisotopic (exact) mass is 538 g/mol. The third-order valence-corrected chi connectivity index (χ3v) is 16.7. The van der Waals surface area contributed by atoms with Crippen LogP contribution >= 0.6 is 0 Å². The van der Waals surface area contributed by atoms with Gasteiger partial charge in [-0.3, -0.25) is 4.79 Å². The van der Waals surface area contributed by atoms with Crippen molar-refractivity contribution in [2.75, 3.05) is 13.2 Å². The van der Waals surface area contributed by atoms with E-state index in [1.807, 2.05) is 0 Å². The minimum absolute atomic E-state index is 0.0935. The summed E-state index contributed by atoms with van der Waals surface area (Å²) < 4.78 is 25.7. The Kier molecular flexibility index (Phi) is 5.54. The quantitative estimate of drug-likeness (QED) is 0.311. The van der Waals surface area contributed by atoms with E-state index in [2.05, 4.69) is 65.1 Å². The van der Waals surface area contributed by atoms with Gasteiger partial charge in [0.05, 0.1) is 19.3 Å². The molecule has 8 atom stereocenters. The molecular formula is C32H46O5Si. The zero-order valence-corrected chi connectivity index (χ0v) is 25.2. The highest BCUT2D eigenvalue weighted by atomic mass is 28.4. The van der Waals surface area contributed by atoms with Crippen molar-refractivity contribution < 1.29 is 23.4 Å². The van der Waals surface area contributed by atoms with Crippen molar-refractivity contribution in [3.63, 3.8) is 0 Å². The van der Waals surface area contributed by atoms with Crippen LogP contribution in [0.5, 0.6) is 5.75 Å². The number of carbonyl (C=O) groups is 1. The van der Waals surface area contributed by atoms with Crippen LogP contribution in [0.25, 0.3) is 0 Å². The molecule has 2 aliphatic heterocycles. The standard InChI is InChI=1S/C32H46O5Si/c1-29(2,3)38(5,6)37-21-9-7-20(8-10-21)23-18-30(4)24(11-12-26(30)33)22-17-27-32(36-27)19-31(34-15-16-35-31)14-13-25(32)28(22)23/h7-10,22-25,27-28H,11-19H2,1-6H3/t22-,23+,24-,25+,27-,28+,30-,32+/m0/s1. The molecule has 6 fully saturated rings. The molecule has 0 unspecified atom stereocenters. The van der Waals surface area contributed by atoms with Crippen LogP contribution < -0.4 is 4.43 Å². The van der Waals surface area contributed by atoms with Crippen LogP contribution in [0.15, 0.2) is 24.3 Å². The van der Waals surface area contributed by atoms with Crippen LogP contribution in [0.4, 0.5) is 0 Å². The van der Waals surface area contributed by atoms with Crippen LogP contribution in [0.1, 0.15) is 84.1 Å². The van der Waals surface area contributed by atoms with Crippen molar-refractivity contribution in [2.45, 2.75) is 114 Å². The van der Waals surface area contributed by atoms with Gasteiger partial charge in [-0.2, -0.15) is 0 Å². The van der Waals surface area contributed by atoms with Gasteiger partial charge in [0.2, 0.25) is 8.32 Å². The molecule has 6 heteroatoms. The van der Waals surface area contributed by atoms with Crippen molar-refractivity contribution in [1.29, 1.82) is 0 Å². The van der Waals surface area contributed by atoms with Crippen LogP contribution in [0.2, 0.25) is 18.1 Å². The summed E-state index contributed by atoms with van der Waals surface area (Å²) in [4.78, 5) is 13.3. The van der Waals surface area contributed by atoms with Crippen LogP contribution in [0, 0.1) is 29.1 Å². The number of hydrogen-bond acceptors (Lipinski definition) is 5. The van der Waals surface area contributed by atoms with E-state index in [9.17, 15) is 4.79 Å². The second-order valence-electron chi connectivity index (χ2n) is 15.2. The molecule has 0 N–H and O–H groups in total. The maximum absolute atomic E-state index is 13.3. The van der Waals surface area contributed by atoms with E-state index in [1.54, 1.807) is 0 Å². The number of rotatable bonds is 3. The summed E-state index contributed by atoms with van der Waals surface area (Å²) in [7, 11) is -1.90. The molecule has 0 amide bonds. The first-order chi connectivity index (χ1) is 17.9. The fourth-order valence-corrected chi connectivity index (χ4v) is 10.4. The highest BCUT2D eigenvalue weighted by Crippen LogP contribution is 2.72. The predicted octanol–water partition coefficient (Wildman–Crippen LogP) is 6.86. The number of epoxide rings is 1. The Morgan fingerprint density at radius 1 is 1.03 bits per heavy atom. The second-order valence-corrected chi connectivity index (χ2v) is 19.9. The van der Waals surface area contributed by atoms with Crippen molar-refractivity contribution in [3.8, 4) is 5.75 Å². The van der Waals surface area contributed by atoms with Gasteiger partial charge in [-0.1, -0.05) is 39.8 Å². The largest absolute Gasteiger partial charge is 0.544 e. The van der Waals surface area contributed by atoms with Gasteiger partial charge in [-0.05, 0) is 91.1 Å². The Morgan fingerprint density at radius 3 is 2.42 bits per heavy atom. The third kappa shape index (κ3) is 3.62. The SMILES string of the molecule is CC(C)(C)[Si](C)(C)Oc1ccc([C@H]2C[C@]3(C)C(=O)CC[C@H]3[C@@H]3C[C@@H]4O[C@@]45CC4(CC[C@@H]5[C@H]32)OCCO4)cc1. The predicted molar refractivity (Wildman–Crippen MR) is 149 cm³/mol. The molecule has 0 bridgehead atoms. The molecule has 2 spiro atoms. The van der Waals surface area contributed by atoms with Gasteiger partial charge in [0.1, 0.15) is 17.1 Å². The molecule has 1 aromatic carbocycles. The van der Waals surface area contributed by atoms with Gasteiger partial charge < -0.3 is 18.6 Å². The van der Waals surface area contributed by atoms with Crippen molar-refractivity contribution in [1.82, 2.24) is 0 Å². The average Bonchev–Trinajstić information content (AvgIpc) is 3.18. The zero-order chi connectivity index (χ0) is 26.7. The molecule has 38 heavy (non-hydrogen) atoms. The number of benzene rings is 1. The lowest BCUT2D eigenvalue weighted by Gasteiger charge is -2.57. The lowest BCUT2D eigenvalue weighted by Crippen LogP contribution is -2.57. The first kappa shape index (κ1) is 25.7. The van der Waals surface area contributed by atoms with Gasteiger partial charge in [0.15, 0.2) is 5.79 Å². The van der Waals surface area contributed by atoms with Crippen molar-refractivity contribution in [2.24, 2.45) is 29.1 Å². The van der Waals surface area contributed by atoms with E-state index in [4.69, 9.17) is 18.6 Å². The summed E-state index contributed by atoms with van der Waals surface area (Å²) in [5, 5.41) is 0.164. The van der Waals surface area contributed by atoms with Gasteiger partial charge in [-0.15, -0.1) is 0 Å². The van der Waals surface area contributed by atoms with Gasteiger partial charge in [0, 0.05) is 24.7 Å². The Labute approximate surface area is 229 Å². The Morgan fingerprint density at radius 2 is 1.74 bits per heavy atom. The zero-order valence-electron chi connectivity index (χ0n) is 24.2. The molecule has 1 aromatic rings. The van der Waals surface area contributed by atoms with Crippen LogP contribution in [0.3, 0.4) is 0 Å². The summed E-state index contributed by atoms with van der Waals surface area (Å²) in [5.41, 5.74) is 1.08. The van der Waals surface area contributed by atoms with Crippen molar-refractivity contribution in [3.05, 3.63) is 29.8 Å². The summed E-state index contributed by atoms with van der Waals surface area (Å²) in [5.74, 6) is 3.52.